The number of esters is 1. The van der Waals surface area contributed by atoms with E-state index in [2.05, 4.69) is 9.72 Å². The number of carbonyl (C=O) groups excluding carboxylic acids is 1. The maximum absolute atomic E-state index is 11.1. The predicted molar refractivity (Wildman–Crippen MR) is 75.1 cm³/mol. The largest absolute Gasteiger partial charge is 0.469 e. The smallest absolute Gasteiger partial charge is 0.305 e. The van der Waals surface area contributed by atoms with Gasteiger partial charge in [0.1, 0.15) is 6.10 Å². The molecular weight excluding hydrogens is 254 g/mol. The van der Waals surface area contributed by atoms with E-state index in [1.807, 2.05) is 30.3 Å². The molecule has 4 nitrogen and oxygen atoms in total. The zero-order chi connectivity index (χ0) is 14.4. The highest BCUT2D eigenvalue weighted by atomic mass is 16.5. The number of aromatic nitrogens is 1. The van der Waals surface area contributed by atoms with E-state index in [1.54, 1.807) is 18.5 Å². The van der Waals surface area contributed by atoms with Crippen molar-refractivity contribution in [2.45, 2.75) is 18.9 Å². The minimum atomic E-state index is -0.682. The van der Waals surface area contributed by atoms with Crippen molar-refractivity contribution in [3.05, 3.63) is 65.5 Å². The van der Waals surface area contributed by atoms with E-state index in [9.17, 15) is 9.90 Å². The Morgan fingerprint density at radius 1 is 1.25 bits per heavy atom. The van der Waals surface area contributed by atoms with Crippen LogP contribution in [0.15, 0.2) is 48.8 Å². The molecule has 0 saturated heterocycles. The van der Waals surface area contributed by atoms with Crippen molar-refractivity contribution in [2.75, 3.05) is 7.11 Å². The van der Waals surface area contributed by atoms with Crippen LogP contribution in [0, 0.1) is 0 Å². The summed E-state index contributed by atoms with van der Waals surface area (Å²) >= 11 is 0. The van der Waals surface area contributed by atoms with Gasteiger partial charge in [-0.2, -0.15) is 0 Å². The number of aliphatic hydroxyl groups excluding tert-OH is 1. The zero-order valence-electron chi connectivity index (χ0n) is 11.3. The number of methoxy groups -OCH3 is 1. The van der Waals surface area contributed by atoms with Gasteiger partial charge in [-0.25, -0.2) is 0 Å². The average Bonchev–Trinajstić information content (AvgIpc) is 2.53. The number of pyridine rings is 1. The first-order chi connectivity index (χ1) is 9.70. The van der Waals surface area contributed by atoms with Gasteiger partial charge in [-0.15, -0.1) is 0 Å². The summed E-state index contributed by atoms with van der Waals surface area (Å²) in [7, 11) is 1.38. The molecule has 2 rings (SSSR count). The number of carbonyl (C=O) groups is 1. The molecule has 1 aromatic carbocycles. The Bertz CT molecular complexity index is 552. The van der Waals surface area contributed by atoms with Crippen molar-refractivity contribution in [2.24, 2.45) is 0 Å². The van der Waals surface area contributed by atoms with E-state index < -0.39 is 6.10 Å². The number of rotatable bonds is 5. The molecule has 0 aliphatic rings. The predicted octanol–water partition coefficient (Wildman–Crippen LogP) is 2.27. The van der Waals surface area contributed by atoms with Crippen LogP contribution >= 0.6 is 0 Å². The average molecular weight is 271 g/mol. The fourth-order valence-electron chi connectivity index (χ4n) is 1.95. The zero-order valence-corrected chi connectivity index (χ0v) is 11.3. The molecule has 0 amide bonds. The first-order valence-electron chi connectivity index (χ1n) is 6.44. The summed E-state index contributed by atoms with van der Waals surface area (Å²) in [4.78, 5) is 15.1. The molecule has 0 saturated carbocycles. The van der Waals surface area contributed by atoms with Crippen LogP contribution in [-0.4, -0.2) is 23.2 Å². The lowest BCUT2D eigenvalue weighted by molar-refractivity contribution is -0.140. The quantitative estimate of drug-likeness (QED) is 0.847. The van der Waals surface area contributed by atoms with Crippen LogP contribution in [0.5, 0.6) is 0 Å². The van der Waals surface area contributed by atoms with Gasteiger partial charge in [0.25, 0.3) is 0 Å². The number of benzene rings is 1. The summed E-state index contributed by atoms with van der Waals surface area (Å²) in [6.07, 6.45) is 3.64. The Morgan fingerprint density at radius 2 is 2.00 bits per heavy atom. The van der Waals surface area contributed by atoms with Crippen molar-refractivity contribution >= 4 is 5.97 Å². The topological polar surface area (TPSA) is 59.4 Å². The van der Waals surface area contributed by atoms with Gasteiger partial charge in [0.05, 0.1) is 7.11 Å². The molecular formula is C16H17NO3. The van der Waals surface area contributed by atoms with Crippen LogP contribution in [0.2, 0.25) is 0 Å². The molecule has 0 radical (unpaired) electrons. The summed E-state index contributed by atoms with van der Waals surface area (Å²) < 4.78 is 4.61. The number of nitrogens with zero attached hydrogens (tertiary/aromatic N) is 1. The molecule has 1 atom stereocenters. The number of hydrogen-bond donors (Lipinski definition) is 1. The Balaban J connectivity index is 2.03. The van der Waals surface area contributed by atoms with Crippen molar-refractivity contribution in [1.29, 1.82) is 0 Å². The van der Waals surface area contributed by atoms with E-state index in [4.69, 9.17) is 0 Å². The molecule has 0 bridgehead atoms. The summed E-state index contributed by atoms with van der Waals surface area (Å²) in [6.45, 7) is 0. The second-order valence-electron chi connectivity index (χ2n) is 4.51. The molecule has 0 aliphatic carbocycles. The van der Waals surface area contributed by atoms with Gasteiger partial charge in [-0.05, 0) is 23.6 Å². The molecule has 0 spiro atoms. The second kappa shape index (κ2) is 6.82. The van der Waals surface area contributed by atoms with Gasteiger partial charge in [-0.3, -0.25) is 9.78 Å². The molecule has 20 heavy (non-hydrogen) atoms. The summed E-state index contributed by atoms with van der Waals surface area (Å²) in [5, 5.41) is 10.2. The number of aliphatic hydroxyl groups is 1. The third kappa shape index (κ3) is 3.65. The fraction of sp³-hybridized carbons (Fsp3) is 0.250. The highest BCUT2D eigenvalue weighted by Gasteiger charge is 2.10. The minimum absolute atomic E-state index is 0.218. The van der Waals surface area contributed by atoms with Gasteiger partial charge in [0, 0.05) is 24.4 Å². The van der Waals surface area contributed by atoms with Crippen molar-refractivity contribution in [3.8, 4) is 0 Å². The van der Waals surface area contributed by atoms with Crippen LogP contribution in [-0.2, 0) is 16.0 Å². The molecule has 1 heterocycles. The standard InChI is InChI=1S/C16H17NO3/c1-20-15(18)9-6-12-4-7-13(8-5-12)16(19)14-3-2-10-17-11-14/h2-5,7-8,10-11,16,19H,6,9H2,1H3. The van der Waals surface area contributed by atoms with Crippen LogP contribution in [0.25, 0.3) is 0 Å². The van der Waals surface area contributed by atoms with Crippen molar-refractivity contribution in [3.63, 3.8) is 0 Å². The van der Waals surface area contributed by atoms with Gasteiger partial charge >= 0.3 is 5.97 Å². The minimum Gasteiger partial charge on any atom is -0.469 e. The first kappa shape index (κ1) is 14.2. The lowest BCUT2D eigenvalue weighted by Crippen LogP contribution is -2.03. The highest BCUT2D eigenvalue weighted by Crippen LogP contribution is 2.21. The Kier molecular flexibility index (Phi) is 4.85. The van der Waals surface area contributed by atoms with E-state index in [0.29, 0.717) is 12.8 Å². The molecule has 1 aromatic heterocycles. The van der Waals surface area contributed by atoms with E-state index in [-0.39, 0.29) is 5.97 Å². The Hall–Kier alpha value is -2.20. The van der Waals surface area contributed by atoms with Gasteiger partial charge in [-0.1, -0.05) is 30.3 Å². The lowest BCUT2D eigenvalue weighted by atomic mass is 10.0. The third-order valence-electron chi connectivity index (χ3n) is 3.14. The Labute approximate surface area is 118 Å². The SMILES string of the molecule is COC(=O)CCc1ccc(C(O)c2cccnc2)cc1. The Morgan fingerprint density at radius 3 is 2.60 bits per heavy atom. The maximum Gasteiger partial charge on any atom is 0.305 e. The third-order valence-corrected chi connectivity index (χ3v) is 3.14. The second-order valence-corrected chi connectivity index (χ2v) is 4.51. The van der Waals surface area contributed by atoms with Gasteiger partial charge < -0.3 is 9.84 Å². The first-order valence-corrected chi connectivity index (χ1v) is 6.44. The highest BCUT2D eigenvalue weighted by molar-refractivity contribution is 5.69. The number of aryl methyl sites for hydroxylation is 1. The number of hydrogen-bond acceptors (Lipinski definition) is 4. The van der Waals surface area contributed by atoms with Gasteiger partial charge in [0.2, 0.25) is 0 Å². The van der Waals surface area contributed by atoms with Crippen LogP contribution < -0.4 is 0 Å². The van der Waals surface area contributed by atoms with Gasteiger partial charge in [0.15, 0.2) is 0 Å². The summed E-state index contributed by atoms with van der Waals surface area (Å²) in [5.74, 6) is -0.218. The molecule has 1 N–H and O–H groups in total. The molecule has 4 heteroatoms. The van der Waals surface area contributed by atoms with Crippen molar-refractivity contribution < 1.29 is 14.6 Å². The van der Waals surface area contributed by atoms with Crippen LogP contribution in [0.1, 0.15) is 29.2 Å². The van der Waals surface area contributed by atoms with Crippen LogP contribution in [0.4, 0.5) is 0 Å². The lowest BCUT2D eigenvalue weighted by Gasteiger charge is -2.11. The van der Waals surface area contributed by atoms with E-state index in [0.717, 1.165) is 16.7 Å². The van der Waals surface area contributed by atoms with Crippen molar-refractivity contribution in [1.82, 2.24) is 4.98 Å². The summed E-state index contributed by atoms with van der Waals surface area (Å²) in [6, 6.07) is 11.2. The van der Waals surface area contributed by atoms with E-state index >= 15 is 0 Å². The normalized spacial score (nSPS) is 11.9. The molecule has 0 aliphatic heterocycles. The van der Waals surface area contributed by atoms with Crippen LogP contribution in [0.3, 0.4) is 0 Å². The number of ether oxygens (including phenoxy) is 1. The maximum atomic E-state index is 11.1. The van der Waals surface area contributed by atoms with E-state index in [1.165, 1.54) is 7.11 Å². The molecule has 0 fully saturated rings. The summed E-state index contributed by atoms with van der Waals surface area (Å²) in [5.41, 5.74) is 2.60. The molecule has 1 unspecified atom stereocenters. The molecule has 104 valence electrons. The molecule has 2 aromatic rings. The fourth-order valence-corrected chi connectivity index (χ4v) is 1.95. The monoisotopic (exact) mass is 271 g/mol.